The highest BCUT2D eigenvalue weighted by atomic mass is 32.2. The third-order valence-corrected chi connectivity index (χ3v) is 6.24. The lowest BCUT2D eigenvalue weighted by molar-refractivity contribution is -0.119. The molecule has 0 fully saturated rings. The number of unbranched alkanes of at least 4 members (excludes halogenated alkanes) is 1. The predicted octanol–water partition coefficient (Wildman–Crippen LogP) is 3.24. The number of thiophene rings is 1. The number of rotatable bonds is 6. The standard InChI is InChI=1S/C17H23N3O4S2/c1-6-7-8-20-15(22)12-9(2)10(3)25-14(12)19-16(20)26-11(4)13(21)18-17(23)24-5/h11H,6-8H2,1-5H3,(H,18,21,23)/t11-/m1/s1. The van der Waals surface area contributed by atoms with Crippen LogP contribution in [0.5, 0.6) is 0 Å². The van der Waals surface area contributed by atoms with E-state index in [1.165, 1.54) is 18.4 Å². The minimum absolute atomic E-state index is 0.0756. The van der Waals surface area contributed by atoms with Crippen LogP contribution in [0.1, 0.15) is 37.1 Å². The van der Waals surface area contributed by atoms with Crippen molar-refractivity contribution < 1.29 is 14.3 Å². The molecule has 142 valence electrons. The maximum absolute atomic E-state index is 13.0. The lowest BCUT2D eigenvalue weighted by atomic mass is 10.2. The van der Waals surface area contributed by atoms with Crippen LogP contribution in [0.2, 0.25) is 0 Å². The molecule has 0 aliphatic carbocycles. The summed E-state index contributed by atoms with van der Waals surface area (Å²) in [6.45, 7) is 8.16. The lowest BCUT2D eigenvalue weighted by Gasteiger charge is -2.15. The maximum atomic E-state index is 13.0. The first-order chi connectivity index (χ1) is 12.3. The van der Waals surface area contributed by atoms with Gasteiger partial charge in [-0.2, -0.15) is 0 Å². The molecule has 2 rings (SSSR count). The Morgan fingerprint density at radius 1 is 1.38 bits per heavy atom. The van der Waals surface area contributed by atoms with Crippen molar-refractivity contribution in [1.82, 2.24) is 14.9 Å². The summed E-state index contributed by atoms with van der Waals surface area (Å²) >= 11 is 2.64. The SMILES string of the molecule is CCCCn1c(S[C@H](C)C(=O)NC(=O)OC)nc2sc(C)c(C)c2c1=O. The van der Waals surface area contributed by atoms with Gasteiger partial charge in [0, 0.05) is 11.4 Å². The fourth-order valence-corrected chi connectivity index (χ4v) is 4.38. The number of hydrogen-bond acceptors (Lipinski definition) is 7. The molecule has 0 bridgehead atoms. The van der Waals surface area contributed by atoms with Gasteiger partial charge in [0.25, 0.3) is 5.56 Å². The van der Waals surface area contributed by atoms with Crippen LogP contribution in [-0.4, -0.2) is 33.9 Å². The molecule has 0 spiro atoms. The normalized spacial score (nSPS) is 12.2. The molecule has 0 radical (unpaired) electrons. The Bertz CT molecular complexity index is 888. The van der Waals surface area contributed by atoms with Gasteiger partial charge in [-0.1, -0.05) is 25.1 Å². The van der Waals surface area contributed by atoms with E-state index in [4.69, 9.17) is 0 Å². The molecule has 2 amide bonds. The van der Waals surface area contributed by atoms with E-state index in [0.29, 0.717) is 21.9 Å². The van der Waals surface area contributed by atoms with Crippen molar-refractivity contribution in [3.8, 4) is 0 Å². The zero-order valence-electron chi connectivity index (χ0n) is 15.5. The van der Waals surface area contributed by atoms with Gasteiger partial charge in [-0.25, -0.2) is 9.78 Å². The number of thioether (sulfide) groups is 1. The number of hydrogen-bond donors (Lipinski definition) is 1. The largest absolute Gasteiger partial charge is 0.453 e. The van der Waals surface area contributed by atoms with Crippen molar-refractivity contribution in [2.24, 2.45) is 0 Å². The second kappa shape index (κ2) is 8.68. The Morgan fingerprint density at radius 3 is 2.69 bits per heavy atom. The Balaban J connectivity index is 2.42. The molecule has 1 atom stereocenters. The summed E-state index contributed by atoms with van der Waals surface area (Å²) in [5.41, 5.74) is 0.883. The average Bonchev–Trinajstić information content (AvgIpc) is 2.88. The number of aryl methyl sites for hydroxylation is 2. The molecule has 7 nitrogen and oxygen atoms in total. The van der Waals surface area contributed by atoms with Gasteiger partial charge in [0.05, 0.1) is 17.7 Å². The predicted molar refractivity (Wildman–Crippen MR) is 104 cm³/mol. The number of methoxy groups -OCH3 is 1. The topological polar surface area (TPSA) is 90.3 Å². The first-order valence-corrected chi connectivity index (χ1v) is 10.1. The highest BCUT2D eigenvalue weighted by Crippen LogP contribution is 2.29. The summed E-state index contributed by atoms with van der Waals surface area (Å²) in [4.78, 5) is 42.7. The van der Waals surface area contributed by atoms with Crippen LogP contribution < -0.4 is 10.9 Å². The second-order valence-corrected chi connectivity index (χ2v) is 8.42. The van der Waals surface area contributed by atoms with Crippen LogP contribution in [0.3, 0.4) is 0 Å². The molecule has 2 aromatic heterocycles. The molecule has 0 aromatic carbocycles. The first-order valence-electron chi connectivity index (χ1n) is 8.36. The van der Waals surface area contributed by atoms with Gasteiger partial charge in [0.1, 0.15) is 4.83 Å². The number of carbonyl (C=O) groups is 2. The monoisotopic (exact) mass is 397 g/mol. The van der Waals surface area contributed by atoms with Gasteiger partial charge in [-0.15, -0.1) is 11.3 Å². The van der Waals surface area contributed by atoms with Crippen LogP contribution in [-0.2, 0) is 16.1 Å². The van der Waals surface area contributed by atoms with Crippen molar-refractivity contribution in [3.05, 3.63) is 20.8 Å². The van der Waals surface area contributed by atoms with E-state index in [1.807, 2.05) is 13.8 Å². The van der Waals surface area contributed by atoms with Crippen molar-refractivity contribution in [3.63, 3.8) is 0 Å². The summed E-state index contributed by atoms with van der Waals surface area (Å²) < 4.78 is 6.08. The van der Waals surface area contributed by atoms with E-state index in [1.54, 1.807) is 11.5 Å². The van der Waals surface area contributed by atoms with Gasteiger partial charge in [0.2, 0.25) is 5.91 Å². The van der Waals surface area contributed by atoms with E-state index < -0.39 is 17.3 Å². The number of fused-ring (bicyclic) bond motifs is 1. The number of alkyl carbamates (subject to hydrolysis) is 1. The third-order valence-electron chi connectivity index (χ3n) is 4.05. The minimum atomic E-state index is -0.807. The number of amides is 2. The lowest BCUT2D eigenvalue weighted by Crippen LogP contribution is -2.36. The maximum Gasteiger partial charge on any atom is 0.413 e. The van der Waals surface area contributed by atoms with Crippen molar-refractivity contribution in [2.45, 2.75) is 57.5 Å². The van der Waals surface area contributed by atoms with E-state index in [2.05, 4.69) is 22.0 Å². The van der Waals surface area contributed by atoms with Crippen molar-refractivity contribution in [2.75, 3.05) is 7.11 Å². The van der Waals surface area contributed by atoms with Crippen LogP contribution in [0.4, 0.5) is 4.79 Å². The third kappa shape index (κ3) is 4.27. The number of imide groups is 1. The molecule has 1 N–H and O–H groups in total. The molecule has 0 unspecified atom stereocenters. The summed E-state index contributed by atoms with van der Waals surface area (Å²) in [5.74, 6) is -0.489. The van der Waals surface area contributed by atoms with Crippen LogP contribution in [0.25, 0.3) is 10.2 Å². The Kier molecular flexibility index (Phi) is 6.82. The van der Waals surface area contributed by atoms with Gasteiger partial charge >= 0.3 is 6.09 Å². The van der Waals surface area contributed by atoms with E-state index in [0.717, 1.165) is 35.0 Å². The Morgan fingerprint density at radius 2 is 2.08 bits per heavy atom. The van der Waals surface area contributed by atoms with E-state index in [9.17, 15) is 14.4 Å². The molecule has 9 heteroatoms. The summed E-state index contributed by atoms with van der Waals surface area (Å²) in [6, 6.07) is 0. The van der Waals surface area contributed by atoms with Crippen LogP contribution in [0.15, 0.2) is 9.95 Å². The average molecular weight is 398 g/mol. The van der Waals surface area contributed by atoms with E-state index in [-0.39, 0.29) is 5.56 Å². The van der Waals surface area contributed by atoms with Crippen molar-refractivity contribution >= 4 is 45.3 Å². The number of aromatic nitrogens is 2. The molecule has 0 saturated heterocycles. The van der Waals surface area contributed by atoms with Crippen molar-refractivity contribution in [1.29, 1.82) is 0 Å². The van der Waals surface area contributed by atoms with Crippen LogP contribution >= 0.6 is 23.1 Å². The Labute approximate surface area is 160 Å². The molecule has 2 aromatic rings. The summed E-state index contributed by atoms with van der Waals surface area (Å²) in [7, 11) is 1.19. The quantitative estimate of drug-likeness (QED) is 0.594. The fraction of sp³-hybridized carbons (Fsp3) is 0.529. The van der Waals surface area contributed by atoms with E-state index >= 15 is 0 Å². The molecule has 0 aliphatic heterocycles. The van der Waals surface area contributed by atoms with Gasteiger partial charge in [-0.05, 0) is 32.8 Å². The number of carbonyl (C=O) groups excluding carboxylic acids is 2. The summed E-state index contributed by atoms with van der Waals surface area (Å²) in [6.07, 6.45) is 0.971. The zero-order chi connectivity index (χ0) is 19.4. The molecule has 2 heterocycles. The molecular weight excluding hydrogens is 374 g/mol. The second-order valence-electron chi connectivity index (χ2n) is 5.91. The number of nitrogens with zero attached hydrogens (tertiary/aromatic N) is 2. The molecule has 0 aliphatic rings. The number of ether oxygens (including phenoxy) is 1. The molecular formula is C17H23N3O4S2. The molecule has 26 heavy (non-hydrogen) atoms. The van der Waals surface area contributed by atoms with Crippen LogP contribution in [0, 0.1) is 13.8 Å². The Hall–Kier alpha value is -1.87. The minimum Gasteiger partial charge on any atom is -0.453 e. The number of nitrogens with one attached hydrogen (secondary N) is 1. The highest BCUT2D eigenvalue weighted by molar-refractivity contribution is 8.00. The first kappa shape index (κ1) is 20.4. The van der Waals surface area contributed by atoms with Gasteiger partial charge in [0.15, 0.2) is 5.16 Å². The summed E-state index contributed by atoms with van der Waals surface area (Å²) in [5, 5.41) is 2.68. The van der Waals surface area contributed by atoms with Gasteiger partial charge in [-0.3, -0.25) is 19.5 Å². The highest BCUT2D eigenvalue weighted by Gasteiger charge is 2.22. The molecule has 0 saturated carbocycles. The zero-order valence-corrected chi connectivity index (χ0v) is 17.2. The fourth-order valence-electron chi connectivity index (χ4n) is 2.38. The smallest absolute Gasteiger partial charge is 0.413 e. The van der Waals surface area contributed by atoms with Gasteiger partial charge < -0.3 is 4.74 Å².